The Hall–Kier alpha value is -0.540. The highest BCUT2D eigenvalue weighted by Gasteiger charge is 2.11. The topological polar surface area (TPSA) is 26.3 Å². The predicted octanol–water partition coefficient (Wildman–Crippen LogP) is 3.62. The van der Waals surface area contributed by atoms with E-state index in [1.807, 2.05) is 13.8 Å². The number of carbonyl (C=O) groups excluding carboxylic acids is 1. The molecule has 1 rings (SSSR count). The van der Waals surface area contributed by atoms with Crippen LogP contribution in [0.1, 0.15) is 24.2 Å². The van der Waals surface area contributed by atoms with Crippen LogP contribution >= 0.6 is 27.5 Å². The Morgan fingerprint density at radius 3 is 2.64 bits per heavy atom. The molecule has 0 aromatic heterocycles. The van der Waals surface area contributed by atoms with Crippen molar-refractivity contribution < 1.29 is 9.53 Å². The second kappa shape index (κ2) is 4.80. The summed E-state index contributed by atoms with van der Waals surface area (Å²) in [5, 5.41) is -0.512. The van der Waals surface area contributed by atoms with Crippen LogP contribution in [0.5, 0.6) is 5.75 Å². The zero-order chi connectivity index (χ0) is 10.7. The summed E-state index contributed by atoms with van der Waals surface area (Å²) in [7, 11) is 0. The van der Waals surface area contributed by atoms with E-state index in [9.17, 15) is 4.79 Å². The average Bonchev–Trinajstić information content (AvgIpc) is 2.07. The van der Waals surface area contributed by atoms with E-state index >= 15 is 0 Å². The van der Waals surface area contributed by atoms with Gasteiger partial charge in [0, 0.05) is 4.47 Å². The standard InChI is InChI=1S/C10H10BrClO2/c1-6(2)14-9-4-3-7(11)5-8(9)10(12)13/h3-6H,1-2H3. The summed E-state index contributed by atoms with van der Waals surface area (Å²) in [6.45, 7) is 3.79. The summed E-state index contributed by atoms with van der Waals surface area (Å²) in [5.74, 6) is 0.517. The highest BCUT2D eigenvalue weighted by Crippen LogP contribution is 2.25. The van der Waals surface area contributed by atoms with Crippen molar-refractivity contribution in [3.8, 4) is 5.75 Å². The SMILES string of the molecule is CC(C)Oc1ccc(Br)cc1C(=O)Cl. The molecule has 2 nitrogen and oxygen atoms in total. The van der Waals surface area contributed by atoms with Crippen LogP contribution in [0.2, 0.25) is 0 Å². The van der Waals surface area contributed by atoms with Gasteiger partial charge < -0.3 is 4.74 Å². The molecule has 0 amide bonds. The zero-order valence-corrected chi connectivity index (χ0v) is 10.2. The summed E-state index contributed by atoms with van der Waals surface area (Å²) >= 11 is 8.69. The highest BCUT2D eigenvalue weighted by atomic mass is 79.9. The number of benzene rings is 1. The minimum Gasteiger partial charge on any atom is -0.490 e. The first-order valence-electron chi connectivity index (χ1n) is 4.16. The van der Waals surface area contributed by atoms with Crippen molar-refractivity contribution in [2.24, 2.45) is 0 Å². The van der Waals surface area contributed by atoms with Crippen molar-refractivity contribution >= 4 is 32.8 Å². The third-order valence-corrected chi connectivity index (χ3v) is 2.21. The molecule has 14 heavy (non-hydrogen) atoms. The summed E-state index contributed by atoms with van der Waals surface area (Å²) in [4.78, 5) is 11.1. The van der Waals surface area contributed by atoms with Crippen LogP contribution in [-0.2, 0) is 0 Å². The second-order valence-electron chi connectivity index (χ2n) is 3.08. The van der Waals surface area contributed by atoms with Crippen LogP contribution in [-0.4, -0.2) is 11.3 Å². The van der Waals surface area contributed by atoms with Gasteiger partial charge in [0.05, 0.1) is 11.7 Å². The number of hydrogen-bond acceptors (Lipinski definition) is 2. The van der Waals surface area contributed by atoms with Crippen molar-refractivity contribution in [1.82, 2.24) is 0 Å². The minimum absolute atomic E-state index is 0.0194. The molecule has 0 saturated carbocycles. The fourth-order valence-corrected chi connectivity index (χ4v) is 1.52. The van der Waals surface area contributed by atoms with Crippen molar-refractivity contribution in [3.05, 3.63) is 28.2 Å². The maximum Gasteiger partial charge on any atom is 0.256 e. The third-order valence-electron chi connectivity index (χ3n) is 1.52. The molecule has 0 saturated heterocycles. The van der Waals surface area contributed by atoms with Crippen molar-refractivity contribution in [2.45, 2.75) is 20.0 Å². The van der Waals surface area contributed by atoms with E-state index in [0.717, 1.165) is 4.47 Å². The Bertz CT molecular complexity index is 350. The van der Waals surface area contributed by atoms with E-state index in [-0.39, 0.29) is 6.10 Å². The van der Waals surface area contributed by atoms with E-state index in [1.165, 1.54) is 0 Å². The smallest absolute Gasteiger partial charge is 0.256 e. The molecule has 0 aliphatic rings. The van der Waals surface area contributed by atoms with Crippen LogP contribution in [0.3, 0.4) is 0 Å². The van der Waals surface area contributed by atoms with E-state index < -0.39 is 5.24 Å². The maximum atomic E-state index is 11.1. The monoisotopic (exact) mass is 276 g/mol. The van der Waals surface area contributed by atoms with E-state index in [4.69, 9.17) is 16.3 Å². The molecule has 0 heterocycles. The average molecular weight is 278 g/mol. The largest absolute Gasteiger partial charge is 0.490 e. The zero-order valence-electron chi connectivity index (χ0n) is 7.88. The minimum atomic E-state index is -0.512. The van der Waals surface area contributed by atoms with Gasteiger partial charge in [0.25, 0.3) is 5.24 Å². The Balaban J connectivity index is 3.08. The first kappa shape index (κ1) is 11.5. The third kappa shape index (κ3) is 3.00. The van der Waals surface area contributed by atoms with Crippen molar-refractivity contribution in [1.29, 1.82) is 0 Å². The number of halogens is 2. The highest BCUT2D eigenvalue weighted by molar-refractivity contribution is 9.10. The molecular formula is C10H10BrClO2. The van der Waals surface area contributed by atoms with Crippen LogP contribution in [0.4, 0.5) is 0 Å². The Morgan fingerprint density at radius 1 is 1.50 bits per heavy atom. The quantitative estimate of drug-likeness (QED) is 0.789. The molecule has 0 radical (unpaired) electrons. The molecule has 0 bridgehead atoms. The molecular weight excluding hydrogens is 267 g/mol. The van der Waals surface area contributed by atoms with Crippen LogP contribution in [0.15, 0.2) is 22.7 Å². The normalized spacial score (nSPS) is 10.4. The molecule has 0 fully saturated rings. The Morgan fingerprint density at radius 2 is 2.14 bits per heavy atom. The van der Waals surface area contributed by atoms with Crippen LogP contribution in [0.25, 0.3) is 0 Å². The summed E-state index contributed by atoms with van der Waals surface area (Å²) < 4.78 is 6.24. The lowest BCUT2D eigenvalue weighted by Gasteiger charge is -2.12. The van der Waals surface area contributed by atoms with Gasteiger partial charge in [-0.15, -0.1) is 0 Å². The van der Waals surface area contributed by atoms with Crippen molar-refractivity contribution in [2.75, 3.05) is 0 Å². The molecule has 4 heteroatoms. The number of rotatable bonds is 3. The molecule has 0 unspecified atom stereocenters. The molecule has 1 aromatic carbocycles. The number of ether oxygens (including phenoxy) is 1. The summed E-state index contributed by atoms with van der Waals surface area (Å²) in [5.41, 5.74) is 0.384. The van der Waals surface area contributed by atoms with Gasteiger partial charge in [0.1, 0.15) is 5.75 Å². The van der Waals surface area contributed by atoms with Gasteiger partial charge in [0.2, 0.25) is 0 Å². The molecule has 0 atom stereocenters. The fraction of sp³-hybridized carbons (Fsp3) is 0.300. The molecule has 0 aliphatic heterocycles. The van der Waals surface area contributed by atoms with Crippen LogP contribution in [0, 0.1) is 0 Å². The van der Waals surface area contributed by atoms with Gasteiger partial charge in [0.15, 0.2) is 0 Å². The number of carbonyl (C=O) groups is 1. The van der Waals surface area contributed by atoms with Crippen molar-refractivity contribution in [3.63, 3.8) is 0 Å². The fourth-order valence-electron chi connectivity index (χ4n) is 1.01. The molecule has 0 aliphatic carbocycles. The van der Waals surface area contributed by atoms with E-state index in [2.05, 4.69) is 15.9 Å². The second-order valence-corrected chi connectivity index (χ2v) is 4.34. The maximum absolute atomic E-state index is 11.1. The first-order valence-corrected chi connectivity index (χ1v) is 5.34. The van der Waals surface area contributed by atoms with Gasteiger partial charge >= 0.3 is 0 Å². The Labute approximate surface area is 96.3 Å². The molecule has 0 N–H and O–H groups in total. The molecule has 0 spiro atoms. The summed E-state index contributed by atoms with van der Waals surface area (Å²) in [6.07, 6.45) is 0.0194. The lowest BCUT2D eigenvalue weighted by molar-refractivity contribution is 0.107. The van der Waals surface area contributed by atoms with Gasteiger partial charge in [-0.2, -0.15) is 0 Å². The lowest BCUT2D eigenvalue weighted by Crippen LogP contribution is -2.08. The van der Waals surface area contributed by atoms with Crippen LogP contribution < -0.4 is 4.74 Å². The lowest BCUT2D eigenvalue weighted by atomic mass is 10.2. The van der Waals surface area contributed by atoms with Gasteiger partial charge in [-0.25, -0.2) is 0 Å². The summed E-state index contributed by atoms with van der Waals surface area (Å²) in [6, 6.07) is 5.17. The molecule has 76 valence electrons. The van der Waals surface area contributed by atoms with Gasteiger partial charge in [-0.1, -0.05) is 15.9 Å². The van der Waals surface area contributed by atoms with Gasteiger partial charge in [-0.05, 0) is 43.6 Å². The van der Waals surface area contributed by atoms with Gasteiger partial charge in [-0.3, -0.25) is 4.79 Å². The Kier molecular flexibility index (Phi) is 3.96. The first-order chi connectivity index (χ1) is 6.50. The predicted molar refractivity (Wildman–Crippen MR) is 60.1 cm³/mol. The molecule has 1 aromatic rings. The number of hydrogen-bond donors (Lipinski definition) is 0. The van der Waals surface area contributed by atoms with E-state index in [0.29, 0.717) is 11.3 Å². The van der Waals surface area contributed by atoms with E-state index in [1.54, 1.807) is 18.2 Å².